The van der Waals surface area contributed by atoms with Crippen LogP contribution in [-0.2, 0) is 4.74 Å². The normalized spacial score (nSPS) is 11.1. The molecule has 1 aromatic rings. The van der Waals surface area contributed by atoms with Crippen LogP contribution in [-0.4, -0.2) is 26.2 Å². The van der Waals surface area contributed by atoms with E-state index in [1.807, 2.05) is 0 Å². The van der Waals surface area contributed by atoms with Crippen LogP contribution in [0, 0.1) is 0 Å². The first-order valence-corrected chi connectivity index (χ1v) is 5.03. The molecule has 92 valence electrons. The van der Waals surface area contributed by atoms with E-state index in [2.05, 4.69) is 4.74 Å². The van der Waals surface area contributed by atoms with Gasteiger partial charge in [0, 0.05) is 6.54 Å². The third-order valence-corrected chi connectivity index (χ3v) is 1.99. The summed E-state index contributed by atoms with van der Waals surface area (Å²) in [6, 6.07) is 6.24. The highest BCUT2D eigenvalue weighted by Crippen LogP contribution is 2.13. The van der Waals surface area contributed by atoms with Crippen LogP contribution in [0.15, 0.2) is 36.2 Å². The maximum Gasteiger partial charge on any atom is 0.337 e. The van der Waals surface area contributed by atoms with E-state index in [0.29, 0.717) is 11.3 Å². The Labute approximate surface area is 98.8 Å². The van der Waals surface area contributed by atoms with Crippen LogP contribution in [0.25, 0.3) is 0 Å². The number of rotatable bonds is 5. The molecule has 1 rings (SSSR count). The molecule has 0 bridgehead atoms. The molecule has 0 spiro atoms. The van der Waals surface area contributed by atoms with Crippen molar-refractivity contribution in [3.63, 3.8) is 0 Å². The number of halogens is 1. The van der Waals surface area contributed by atoms with E-state index in [-0.39, 0.29) is 13.2 Å². The van der Waals surface area contributed by atoms with Crippen LogP contribution in [0.3, 0.4) is 0 Å². The van der Waals surface area contributed by atoms with Gasteiger partial charge in [-0.15, -0.1) is 0 Å². The van der Waals surface area contributed by atoms with Gasteiger partial charge in [-0.2, -0.15) is 0 Å². The number of esters is 1. The first-order chi connectivity index (χ1) is 8.17. The number of ether oxygens (including phenoxy) is 2. The molecule has 1 aromatic carbocycles. The van der Waals surface area contributed by atoms with Crippen molar-refractivity contribution in [2.24, 2.45) is 5.73 Å². The zero-order chi connectivity index (χ0) is 12.7. The van der Waals surface area contributed by atoms with Crippen LogP contribution < -0.4 is 10.5 Å². The summed E-state index contributed by atoms with van der Waals surface area (Å²) >= 11 is 0. The van der Waals surface area contributed by atoms with Crippen molar-refractivity contribution in [1.29, 1.82) is 0 Å². The molecule has 0 saturated carbocycles. The second kappa shape index (κ2) is 6.65. The molecule has 17 heavy (non-hydrogen) atoms. The quantitative estimate of drug-likeness (QED) is 0.794. The van der Waals surface area contributed by atoms with Gasteiger partial charge in [0.15, 0.2) is 0 Å². The minimum atomic E-state index is -0.426. The second-order valence-corrected chi connectivity index (χ2v) is 3.19. The Kier molecular flexibility index (Phi) is 5.16. The lowest BCUT2D eigenvalue weighted by Gasteiger charge is -2.05. The molecule has 0 aliphatic carbocycles. The molecule has 0 saturated heterocycles. The van der Waals surface area contributed by atoms with Gasteiger partial charge in [-0.1, -0.05) is 0 Å². The highest BCUT2D eigenvalue weighted by atomic mass is 19.1. The number of carbonyl (C=O) groups excluding carboxylic acids is 1. The summed E-state index contributed by atoms with van der Waals surface area (Å²) < 4.78 is 22.6. The molecule has 2 N–H and O–H groups in total. The van der Waals surface area contributed by atoms with E-state index >= 15 is 0 Å². The van der Waals surface area contributed by atoms with E-state index in [9.17, 15) is 9.18 Å². The van der Waals surface area contributed by atoms with Gasteiger partial charge in [-0.25, -0.2) is 9.18 Å². The molecule has 0 amide bonds. The maximum atomic E-state index is 12.9. The number of hydrogen-bond donors (Lipinski definition) is 1. The van der Waals surface area contributed by atoms with Crippen LogP contribution in [0.5, 0.6) is 5.75 Å². The molecule has 0 aliphatic rings. The fourth-order valence-electron chi connectivity index (χ4n) is 1.14. The van der Waals surface area contributed by atoms with Crippen molar-refractivity contribution in [3.05, 3.63) is 41.7 Å². The fourth-order valence-corrected chi connectivity index (χ4v) is 1.14. The third-order valence-electron chi connectivity index (χ3n) is 1.99. The molecule has 0 aromatic heterocycles. The molecular formula is C12H14FNO3. The lowest BCUT2D eigenvalue weighted by atomic mass is 10.2. The molecule has 4 nitrogen and oxygen atoms in total. The Hall–Kier alpha value is -1.88. The standard InChI is InChI=1S/C12H14FNO3/c1-16-12(15)9-2-4-11(5-3-9)17-8-10(13)6-7-14/h2-6H,7-8,14H2,1H3. The van der Waals surface area contributed by atoms with Crippen molar-refractivity contribution in [3.8, 4) is 5.75 Å². The molecular weight excluding hydrogens is 225 g/mol. The Balaban J connectivity index is 2.57. The third kappa shape index (κ3) is 4.24. The van der Waals surface area contributed by atoms with Crippen LogP contribution in [0.4, 0.5) is 4.39 Å². The highest BCUT2D eigenvalue weighted by molar-refractivity contribution is 5.89. The second-order valence-electron chi connectivity index (χ2n) is 3.19. The van der Waals surface area contributed by atoms with Gasteiger partial charge in [0.2, 0.25) is 0 Å². The summed E-state index contributed by atoms with van der Waals surface area (Å²) in [6.07, 6.45) is 1.24. The average Bonchev–Trinajstić information content (AvgIpc) is 2.36. The van der Waals surface area contributed by atoms with Crippen molar-refractivity contribution < 1.29 is 18.7 Å². The molecule has 0 radical (unpaired) electrons. The topological polar surface area (TPSA) is 61.5 Å². The highest BCUT2D eigenvalue weighted by Gasteiger charge is 2.04. The first-order valence-electron chi connectivity index (χ1n) is 5.03. The summed E-state index contributed by atoms with van der Waals surface area (Å²) in [7, 11) is 1.31. The SMILES string of the molecule is COC(=O)c1ccc(OCC(F)=CCN)cc1. The predicted octanol–water partition coefficient (Wildman–Crippen LogP) is 1.66. The van der Waals surface area contributed by atoms with Gasteiger partial charge in [-0.3, -0.25) is 0 Å². The van der Waals surface area contributed by atoms with E-state index in [0.717, 1.165) is 0 Å². The van der Waals surface area contributed by atoms with Crippen molar-refractivity contribution in [2.75, 3.05) is 20.3 Å². The fraction of sp³-hybridized carbons (Fsp3) is 0.250. The zero-order valence-corrected chi connectivity index (χ0v) is 9.48. The van der Waals surface area contributed by atoms with Gasteiger partial charge in [-0.05, 0) is 30.3 Å². The number of carbonyl (C=O) groups is 1. The van der Waals surface area contributed by atoms with Crippen molar-refractivity contribution in [2.45, 2.75) is 0 Å². The zero-order valence-electron chi connectivity index (χ0n) is 9.48. The van der Waals surface area contributed by atoms with Gasteiger partial charge < -0.3 is 15.2 Å². The number of methoxy groups -OCH3 is 1. The average molecular weight is 239 g/mol. The van der Waals surface area contributed by atoms with Crippen LogP contribution in [0.2, 0.25) is 0 Å². The van der Waals surface area contributed by atoms with E-state index in [4.69, 9.17) is 10.5 Å². The Bertz CT molecular complexity index is 401. The van der Waals surface area contributed by atoms with Crippen LogP contribution in [0.1, 0.15) is 10.4 Å². The largest absolute Gasteiger partial charge is 0.487 e. The molecule has 0 aliphatic heterocycles. The minimum absolute atomic E-state index is 0.135. The van der Waals surface area contributed by atoms with Crippen molar-refractivity contribution in [1.82, 2.24) is 0 Å². The lowest BCUT2D eigenvalue weighted by Crippen LogP contribution is -2.03. The first kappa shape index (κ1) is 13.2. The van der Waals surface area contributed by atoms with E-state index < -0.39 is 11.8 Å². The van der Waals surface area contributed by atoms with Gasteiger partial charge >= 0.3 is 5.97 Å². The summed E-state index contributed by atoms with van der Waals surface area (Å²) in [5.74, 6) is -0.381. The monoisotopic (exact) mass is 239 g/mol. The Morgan fingerprint density at radius 3 is 2.59 bits per heavy atom. The molecule has 0 fully saturated rings. The van der Waals surface area contributed by atoms with Gasteiger partial charge in [0.05, 0.1) is 12.7 Å². The predicted molar refractivity (Wildman–Crippen MR) is 61.5 cm³/mol. The number of benzene rings is 1. The molecule has 0 heterocycles. The summed E-state index contributed by atoms with van der Waals surface area (Å²) in [5, 5.41) is 0. The van der Waals surface area contributed by atoms with Gasteiger partial charge in [0.25, 0.3) is 0 Å². The maximum absolute atomic E-state index is 12.9. The summed E-state index contributed by atoms with van der Waals surface area (Å²) in [5.41, 5.74) is 5.56. The van der Waals surface area contributed by atoms with E-state index in [1.54, 1.807) is 24.3 Å². The Morgan fingerprint density at radius 2 is 2.06 bits per heavy atom. The van der Waals surface area contributed by atoms with Crippen molar-refractivity contribution >= 4 is 5.97 Å². The molecule has 0 unspecified atom stereocenters. The van der Waals surface area contributed by atoms with Gasteiger partial charge in [0.1, 0.15) is 18.2 Å². The van der Waals surface area contributed by atoms with E-state index in [1.165, 1.54) is 13.2 Å². The number of hydrogen-bond acceptors (Lipinski definition) is 4. The lowest BCUT2D eigenvalue weighted by molar-refractivity contribution is 0.0600. The summed E-state index contributed by atoms with van der Waals surface area (Å²) in [6.45, 7) is -0.0365. The minimum Gasteiger partial charge on any atom is -0.487 e. The van der Waals surface area contributed by atoms with Crippen LogP contribution >= 0.6 is 0 Å². The smallest absolute Gasteiger partial charge is 0.337 e. The summed E-state index contributed by atoms with van der Waals surface area (Å²) in [4.78, 5) is 11.1. The Morgan fingerprint density at radius 1 is 1.41 bits per heavy atom. The molecule has 5 heteroatoms. The molecule has 0 atom stereocenters. The number of nitrogens with two attached hydrogens (primary N) is 1.